The lowest BCUT2D eigenvalue weighted by atomic mass is 10.1. The third-order valence-corrected chi connectivity index (χ3v) is 2.93. The number of hydrogen-bond acceptors (Lipinski definition) is 3. The van der Waals surface area contributed by atoms with E-state index in [1.807, 2.05) is 7.05 Å². The third-order valence-electron chi connectivity index (χ3n) is 2.93. The van der Waals surface area contributed by atoms with Gasteiger partial charge in [0.1, 0.15) is 0 Å². The van der Waals surface area contributed by atoms with Gasteiger partial charge in [0.05, 0.1) is 0 Å². The Labute approximate surface area is 99.0 Å². The normalized spacial score (nSPS) is 20.5. The van der Waals surface area contributed by atoms with E-state index in [0.29, 0.717) is 0 Å². The molecular weight excluding hydrogens is 223 g/mol. The van der Waals surface area contributed by atoms with E-state index in [1.54, 1.807) is 0 Å². The molecule has 1 saturated heterocycles. The van der Waals surface area contributed by atoms with Gasteiger partial charge >= 0.3 is 0 Å². The highest BCUT2D eigenvalue weighted by Crippen LogP contribution is 2.17. The van der Waals surface area contributed by atoms with Crippen LogP contribution in [0.2, 0.25) is 0 Å². The first-order valence-corrected chi connectivity index (χ1v) is 5.54. The largest absolute Gasteiger partial charge is 0.505 e. The number of phenolic OH excluding ortho intramolecular Hbond substituents is 1. The van der Waals surface area contributed by atoms with Crippen LogP contribution in [0.1, 0.15) is 16.8 Å². The van der Waals surface area contributed by atoms with E-state index in [-0.39, 0.29) is 17.5 Å². The minimum absolute atomic E-state index is 0.125. The maximum absolute atomic E-state index is 12.8. The quantitative estimate of drug-likeness (QED) is 0.807. The Kier molecular flexibility index (Phi) is 3.28. The SMILES string of the molecule is CN1CC[C@H](NC(=O)c2ccc(F)c(O)c2)C1. The molecule has 2 N–H and O–H groups in total. The van der Waals surface area contributed by atoms with Gasteiger partial charge in [0.2, 0.25) is 0 Å². The van der Waals surface area contributed by atoms with Crippen molar-refractivity contribution in [1.82, 2.24) is 10.2 Å². The minimum atomic E-state index is -0.720. The van der Waals surface area contributed by atoms with Crippen molar-refractivity contribution < 1.29 is 14.3 Å². The van der Waals surface area contributed by atoms with Crippen molar-refractivity contribution in [3.8, 4) is 5.75 Å². The maximum atomic E-state index is 12.8. The van der Waals surface area contributed by atoms with E-state index in [4.69, 9.17) is 0 Å². The van der Waals surface area contributed by atoms with Gasteiger partial charge in [-0.05, 0) is 38.2 Å². The Morgan fingerprint density at radius 3 is 2.94 bits per heavy atom. The molecule has 4 nitrogen and oxygen atoms in total. The molecule has 0 aliphatic carbocycles. The molecule has 1 aliphatic rings. The number of aromatic hydroxyl groups is 1. The van der Waals surface area contributed by atoms with E-state index < -0.39 is 11.6 Å². The van der Waals surface area contributed by atoms with Crippen molar-refractivity contribution in [2.45, 2.75) is 12.5 Å². The third kappa shape index (κ3) is 2.74. The minimum Gasteiger partial charge on any atom is -0.505 e. The van der Waals surface area contributed by atoms with Crippen molar-refractivity contribution >= 4 is 5.91 Å². The Balaban J connectivity index is 2.02. The first kappa shape index (κ1) is 11.9. The number of amides is 1. The van der Waals surface area contributed by atoms with Gasteiger partial charge in [0.25, 0.3) is 5.91 Å². The topological polar surface area (TPSA) is 52.6 Å². The lowest BCUT2D eigenvalue weighted by Gasteiger charge is -2.13. The average molecular weight is 238 g/mol. The summed E-state index contributed by atoms with van der Waals surface area (Å²) in [6, 6.07) is 3.72. The molecule has 1 amide bonds. The van der Waals surface area contributed by atoms with Gasteiger partial charge in [0.15, 0.2) is 11.6 Å². The molecule has 0 radical (unpaired) electrons. The van der Waals surface area contributed by atoms with Crippen molar-refractivity contribution in [1.29, 1.82) is 0 Å². The van der Waals surface area contributed by atoms with E-state index in [0.717, 1.165) is 31.6 Å². The molecule has 1 aromatic rings. The number of halogens is 1. The standard InChI is InChI=1S/C12H15FN2O2/c1-15-5-4-9(7-15)14-12(17)8-2-3-10(13)11(16)6-8/h2-3,6,9,16H,4-5,7H2,1H3,(H,14,17)/t9-/m0/s1. The fraction of sp³-hybridized carbons (Fsp3) is 0.417. The molecule has 2 rings (SSSR count). The molecule has 1 atom stereocenters. The molecule has 5 heteroatoms. The number of carbonyl (C=O) groups excluding carboxylic acids is 1. The molecule has 1 aliphatic heterocycles. The number of phenols is 1. The van der Waals surface area contributed by atoms with Crippen LogP contribution in [0.4, 0.5) is 4.39 Å². The number of hydrogen-bond donors (Lipinski definition) is 2. The molecule has 0 aromatic heterocycles. The van der Waals surface area contributed by atoms with Gasteiger partial charge in [-0.2, -0.15) is 0 Å². The summed E-state index contributed by atoms with van der Waals surface area (Å²) >= 11 is 0. The monoisotopic (exact) mass is 238 g/mol. The summed E-state index contributed by atoms with van der Waals surface area (Å²) in [5, 5.41) is 12.0. The highest BCUT2D eigenvalue weighted by atomic mass is 19.1. The Hall–Kier alpha value is -1.62. The molecule has 1 heterocycles. The number of rotatable bonds is 2. The summed E-state index contributed by atoms with van der Waals surface area (Å²) in [5.41, 5.74) is 0.276. The number of likely N-dealkylation sites (tertiary alicyclic amines) is 1. The highest BCUT2D eigenvalue weighted by molar-refractivity contribution is 5.94. The zero-order valence-corrected chi connectivity index (χ0v) is 9.61. The van der Waals surface area contributed by atoms with Crippen LogP contribution in [0.15, 0.2) is 18.2 Å². The summed E-state index contributed by atoms with van der Waals surface area (Å²) in [6.45, 7) is 1.78. The number of nitrogens with zero attached hydrogens (tertiary/aromatic N) is 1. The molecule has 1 aromatic carbocycles. The van der Waals surface area contributed by atoms with Crippen LogP contribution in [0.5, 0.6) is 5.75 Å². The number of nitrogens with one attached hydrogen (secondary N) is 1. The van der Waals surface area contributed by atoms with Crippen molar-refractivity contribution in [2.24, 2.45) is 0 Å². The van der Waals surface area contributed by atoms with Crippen LogP contribution in [0.25, 0.3) is 0 Å². The summed E-state index contributed by atoms with van der Waals surface area (Å²) in [5.74, 6) is -1.50. The second kappa shape index (κ2) is 4.71. The molecule has 0 saturated carbocycles. The van der Waals surface area contributed by atoms with Crippen molar-refractivity contribution in [2.75, 3.05) is 20.1 Å². The van der Waals surface area contributed by atoms with Crippen molar-refractivity contribution in [3.63, 3.8) is 0 Å². The average Bonchev–Trinajstić information content (AvgIpc) is 2.68. The maximum Gasteiger partial charge on any atom is 0.251 e. The summed E-state index contributed by atoms with van der Waals surface area (Å²) in [6.07, 6.45) is 0.912. The number of benzene rings is 1. The predicted molar refractivity (Wildman–Crippen MR) is 61.4 cm³/mol. The van der Waals surface area contributed by atoms with Gasteiger partial charge in [-0.3, -0.25) is 4.79 Å². The van der Waals surface area contributed by atoms with Gasteiger partial charge in [-0.15, -0.1) is 0 Å². The van der Waals surface area contributed by atoms with Gasteiger partial charge in [0, 0.05) is 18.2 Å². The Morgan fingerprint density at radius 1 is 1.59 bits per heavy atom. The fourth-order valence-corrected chi connectivity index (χ4v) is 1.98. The summed E-state index contributed by atoms with van der Waals surface area (Å²) in [4.78, 5) is 13.9. The number of likely N-dealkylation sites (N-methyl/N-ethyl adjacent to an activating group) is 1. The molecule has 0 spiro atoms. The van der Waals surface area contributed by atoms with E-state index in [2.05, 4.69) is 10.2 Å². The van der Waals surface area contributed by atoms with Crippen LogP contribution < -0.4 is 5.32 Å². The van der Waals surface area contributed by atoms with Crippen LogP contribution in [-0.4, -0.2) is 42.1 Å². The second-order valence-electron chi connectivity index (χ2n) is 4.39. The smallest absolute Gasteiger partial charge is 0.251 e. The summed E-state index contributed by atoms with van der Waals surface area (Å²) in [7, 11) is 2.00. The highest BCUT2D eigenvalue weighted by Gasteiger charge is 2.21. The van der Waals surface area contributed by atoms with Gasteiger partial charge in [-0.1, -0.05) is 0 Å². The first-order valence-electron chi connectivity index (χ1n) is 5.54. The zero-order chi connectivity index (χ0) is 12.4. The number of carbonyl (C=O) groups is 1. The Bertz CT molecular complexity index is 437. The Morgan fingerprint density at radius 2 is 2.35 bits per heavy atom. The van der Waals surface area contributed by atoms with Gasteiger partial charge < -0.3 is 15.3 Å². The molecule has 1 fully saturated rings. The van der Waals surface area contributed by atoms with Crippen LogP contribution in [0.3, 0.4) is 0 Å². The molecule has 92 valence electrons. The molecule has 0 unspecified atom stereocenters. The van der Waals surface area contributed by atoms with E-state index >= 15 is 0 Å². The predicted octanol–water partition coefficient (Wildman–Crippen LogP) is 0.965. The molecule has 17 heavy (non-hydrogen) atoms. The first-order chi connectivity index (χ1) is 8.06. The lowest BCUT2D eigenvalue weighted by molar-refractivity contribution is 0.0938. The molecule has 0 bridgehead atoms. The van der Waals surface area contributed by atoms with Crippen LogP contribution in [0, 0.1) is 5.82 Å². The zero-order valence-electron chi connectivity index (χ0n) is 9.61. The fourth-order valence-electron chi connectivity index (χ4n) is 1.98. The second-order valence-corrected chi connectivity index (χ2v) is 4.39. The lowest BCUT2D eigenvalue weighted by Crippen LogP contribution is -2.36. The van der Waals surface area contributed by atoms with Crippen molar-refractivity contribution in [3.05, 3.63) is 29.6 Å². The van der Waals surface area contributed by atoms with Gasteiger partial charge in [-0.25, -0.2) is 4.39 Å². The van der Waals surface area contributed by atoms with E-state index in [1.165, 1.54) is 6.07 Å². The summed E-state index contributed by atoms with van der Waals surface area (Å²) < 4.78 is 12.8. The van der Waals surface area contributed by atoms with Crippen LogP contribution in [-0.2, 0) is 0 Å². The van der Waals surface area contributed by atoms with Crippen LogP contribution >= 0.6 is 0 Å². The van der Waals surface area contributed by atoms with E-state index in [9.17, 15) is 14.3 Å². The molecular formula is C12H15FN2O2.